The van der Waals surface area contributed by atoms with E-state index in [0.29, 0.717) is 39.0 Å². The third-order valence-corrected chi connectivity index (χ3v) is 4.25. The second-order valence-electron chi connectivity index (χ2n) is 5.98. The van der Waals surface area contributed by atoms with E-state index < -0.39 is 0 Å². The van der Waals surface area contributed by atoms with Crippen LogP contribution in [0.4, 0.5) is 10.1 Å². The summed E-state index contributed by atoms with van der Waals surface area (Å²) in [7, 11) is 0. The van der Waals surface area contributed by atoms with E-state index in [2.05, 4.69) is 10.3 Å². The third kappa shape index (κ3) is 3.97. The summed E-state index contributed by atoms with van der Waals surface area (Å²) < 4.78 is 24.5. The summed E-state index contributed by atoms with van der Waals surface area (Å²) in [6.45, 7) is -0.185. The van der Waals surface area contributed by atoms with Crippen molar-refractivity contribution in [2.45, 2.75) is 0 Å². The van der Waals surface area contributed by atoms with E-state index in [-0.39, 0.29) is 18.3 Å². The van der Waals surface area contributed by atoms with Crippen LogP contribution in [0.2, 0.25) is 5.02 Å². The Labute approximate surface area is 164 Å². The minimum Gasteiger partial charge on any atom is -0.482 e. The Morgan fingerprint density at radius 3 is 2.79 bits per heavy atom. The Morgan fingerprint density at radius 2 is 1.96 bits per heavy atom. The Hall–Kier alpha value is -3.38. The zero-order chi connectivity index (χ0) is 19.5. The van der Waals surface area contributed by atoms with Gasteiger partial charge in [-0.3, -0.25) is 4.79 Å². The van der Waals surface area contributed by atoms with Crippen molar-refractivity contribution in [2.24, 2.45) is 0 Å². The van der Waals surface area contributed by atoms with Crippen molar-refractivity contribution < 1.29 is 18.3 Å². The van der Waals surface area contributed by atoms with Gasteiger partial charge in [0.15, 0.2) is 12.2 Å². The van der Waals surface area contributed by atoms with Gasteiger partial charge < -0.3 is 14.5 Å². The number of benzene rings is 3. The zero-order valence-electron chi connectivity index (χ0n) is 14.5. The average Bonchev–Trinajstić information content (AvgIpc) is 3.11. The number of carbonyl (C=O) groups excluding carboxylic acids is 1. The summed E-state index contributed by atoms with van der Waals surface area (Å²) in [5.41, 5.74) is 2.16. The van der Waals surface area contributed by atoms with Crippen LogP contribution in [0.25, 0.3) is 22.6 Å². The first-order chi connectivity index (χ1) is 13.6. The molecule has 3 aromatic carbocycles. The molecule has 1 heterocycles. The molecular weight excluding hydrogens is 383 g/mol. The number of carbonyl (C=O) groups is 1. The van der Waals surface area contributed by atoms with Crippen LogP contribution in [-0.2, 0) is 4.79 Å². The number of fused-ring (bicyclic) bond motifs is 1. The smallest absolute Gasteiger partial charge is 0.262 e. The highest BCUT2D eigenvalue weighted by atomic mass is 35.5. The second kappa shape index (κ2) is 7.70. The summed E-state index contributed by atoms with van der Waals surface area (Å²) in [5, 5.41) is 3.17. The second-order valence-corrected chi connectivity index (χ2v) is 6.39. The number of nitrogens with one attached hydrogen (secondary N) is 1. The molecule has 5 nitrogen and oxygen atoms in total. The molecule has 0 aliphatic rings. The molecule has 0 bridgehead atoms. The van der Waals surface area contributed by atoms with E-state index >= 15 is 0 Å². The first-order valence-corrected chi connectivity index (χ1v) is 8.80. The molecule has 1 aromatic heterocycles. The summed E-state index contributed by atoms with van der Waals surface area (Å²) in [6, 6.07) is 18.0. The zero-order valence-corrected chi connectivity index (χ0v) is 15.2. The van der Waals surface area contributed by atoms with Gasteiger partial charge in [0.05, 0.1) is 5.02 Å². The lowest BCUT2D eigenvalue weighted by Gasteiger charge is -2.08. The summed E-state index contributed by atoms with van der Waals surface area (Å²) in [5.74, 6) is 0.0328. The van der Waals surface area contributed by atoms with Crippen LogP contribution in [0.1, 0.15) is 0 Å². The minimum absolute atomic E-state index is 0.185. The molecular formula is C21H14ClFN2O3. The van der Waals surface area contributed by atoms with Gasteiger partial charge in [0.1, 0.15) is 17.1 Å². The van der Waals surface area contributed by atoms with Crippen LogP contribution in [0.5, 0.6) is 5.75 Å². The van der Waals surface area contributed by atoms with Gasteiger partial charge in [0.2, 0.25) is 5.89 Å². The molecule has 4 aromatic rings. The van der Waals surface area contributed by atoms with Crippen molar-refractivity contribution in [1.29, 1.82) is 0 Å². The summed E-state index contributed by atoms with van der Waals surface area (Å²) >= 11 is 6.00. The topological polar surface area (TPSA) is 64.4 Å². The van der Waals surface area contributed by atoms with Gasteiger partial charge in [-0.15, -0.1) is 0 Å². The fourth-order valence-corrected chi connectivity index (χ4v) is 2.84. The number of halogens is 2. The lowest BCUT2D eigenvalue weighted by Crippen LogP contribution is -2.20. The highest BCUT2D eigenvalue weighted by Crippen LogP contribution is 2.27. The lowest BCUT2D eigenvalue weighted by atomic mass is 10.2. The van der Waals surface area contributed by atoms with E-state index in [4.69, 9.17) is 20.8 Å². The van der Waals surface area contributed by atoms with Gasteiger partial charge >= 0.3 is 0 Å². The average molecular weight is 397 g/mol. The van der Waals surface area contributed by atoms with Gasteiger partial charge in [0.25, 0.3) is 5.91 Å². The molecule has 0 saturated heterocycles. The van der Waals surface area contributed by atoms with Gasteiger partial charge in [-0.05, 0) is 48.5 Å². The summed E-state index contributed by atoms with van der Waals surface area (Å²) in [6.07, 6.45) is 0. The van der Waals surface area contributed by atoms with Gasteiger partial charge in [-0.2, -0.15) is 0 Å². The summed E-state index contributed by atoms with van der Waals surface area (Å²) in [4.78, 5) is 16.5. The maximum atomic E-state index is 13.4. The number of para-hydroxylation sites is 1. The fraction of sp³-hybridized carbons (Fsp3) is 0.0476. The maximum absolute atomic E-state index is 13.4. The van der Waals surface area contributed by atoms with Gasteiger partial charge in [0, 0.05) is 11.3 Å². The molecule has 0 radical (unpaired) electrons. The molecule has 1 amide bonds. The van der Waals surface area contributed by atoms with Gasteiger partial charge in [-0.1, -0.05) is 29.8 Å². The van der Waals surface area contributed by atoms with Crippen LogP contribution < -0.4 is 10.1 Å². The first kappa shape index (κ1) is 18.0. The molecule has 0 aliphatic carbocycles. The molecule has 7 heteroatoms. The van der Waals surface area contributed by atoms with E-state index in [1.807, 2.05) is 0 Å². The Morgan fingerprint density at radius 1 is 1.11 bits per heavy atom. The lowest BCUT2D eigenvalue weighted by molar-refractivity contribution is -0.118. The Kier molecular flexibility index (Phi) is 4.95. The van der Waals surface area contributed by atoms with Crippen molar-refractivity contribution in [3.8, 4) is 17.2 Å². The number of oxazole rings is 1. The largest absolute Gasteiger partial charge is 0.482 e. The van der Waals surface area contributed by atoms with Crippen molar-refractivity contribution in [3.63, 3.8) is 0 Å². The quantitative estimate of drug-likeness (QED) is 0.497. The highest BCUT2D eigenvalue weighted by molar-refractivity contribution is 6.32. The molecule has 1 N–H and O–H groups in total. The molecule has 0 saturated carbocycles. The molecule has 0 spiro atoms. The van der Waals surface area contributed by atoms with E-state index in [0.717, 1.165) is 0 Å². The van der Waals surface area contributed by atoms with Crippen LogP contribution in [-0.4, -0.2) is 17.5 Å². The van der Waals surface area contributed by atoms with Crippen LogP contribution in [0.15, 0.2) is 71.1 Å². The van der Waals surface area contributed by atoms with Crippen LogP contribution in [0.3, 0.4) is 0 Å². The molecule has 28 heavy (non-hydrogen) atoms. The fourth-order valence-electron chi connectivity index (χ4n) is 2.65. The number of ether oxygens (including phenoxy) is 1. The number of hydrogen-bond donors (Lipinski definition) is 1. The standard InChI is InChI=1S/C21H14ClFN2O3/c22-16-6-1-2-7-18(16)27-12-20(26)24-15-8-9-19-17(11-15)25-21(28-19)13-4-3-5-14(23)10-13/h1-11H,12H2,(H,24,26). The SMILES string of the molecule is O=C(COc1ccccc1Cl)Nc1ccc2oc(-c3cccc(F)c3)nc2c1. The molecule has 0 atom stereocenters. The molecule has 0 aliphatic heterocycles. The highest BCUT2D eigenvalue weighted by Gasteiger charge is 2.11. The normalized spacial score (nSPS) is 10.8. The predicted octanol–water partition coefficient (Wildman–Crippen LogP) is 5.30. The van der Waals surface area contributed by atoms with Gasteiger partial charge in [-0.25, -0.2) is 9.37 Å². The minimum atomic E-state index is -0.369. The van der Waals surface area contributed by atoms with Crippen molar-refractivity contribution >= 4 is 34.3 Å². The Balaban J connectivity index is 1.47. The molecule has 4 rings (SSSR count). The number of aromatic nitrogens is 1. The number of anilines is 1. The third-order valence-electron chi connectivity index (χ3n) is 3.94. The van der Waals surface area contributed by atoms with Crippen LogP contribution in [0, 0.1) is 5.82 Å². The molecule has 140 valence electrons. The van der Waals surface area contributed by atoms with Crippen molar-refractivity contribution in [1.82, 2.24) is 4.98 Å². The first-order valence-electron chi connectivity index (χ1n) is 8.42. The number of amides is 1. The van der Waals surface area contributed by atoms with E-state index in [1.165, 1.54) is 12.1 Å². The molecule has 0 fully saturated rings. The maximum Gasteiger partial charge on any atom is 0.262 e. The van der Waals surface area contributed by atoms with E-state index in [1.54, 1.807) is 54.6 Å². The predicted molar refractivity (Wildman–Crippen MR) is 105 cm³/mol. The van der Waals surface area contributed by atoms with Crippen LogP contribution >= 0.6 is 11.6 Å². The van der Waals surface area contributed by atoms with Crippen molar-refractivity contribution in [3.05, 3.63) is 77.6 Å². The molecule has 0 unspecified atom stereocenters. The number of rotatable bonds is 5. The number of hydrogen-bond acceptors (Lipinski definition) is 4. The Bertz CT molecular complexity index is 1160. The number of nitrogens with zero attached hydrogens (tertiary/aromatic N) is 1. The van der Waals surface area contributed by atoms with E-state index in [9.17, 15) is 9.18 Å². The monoisotopic (exact) mass is 396 g/mol. The van der Waals surface area contributed by atoms with Crippen molar-refractivity contribution in [2.75, 3.05) is 11.9 Å².